The summed E-state index contributed by atoms with van der Waals surface area (Å²) in [6.45, 7) is 0.855. The first-order valence-electron chi connectivity index (χ1n) is 13.2. The first-order valence-corrected chi connectivity index (χ1v) is 13.2. The number of imidazole rings is 1. The number of amides is 1. The molecule has 3 aromatic carbocycles. The summed E-state index contributed by atoms with van der Waals surface area (Å²) < 4.78 is 12.0. The van der Waals surface area contributed by atoms with Gasteiger partial charge in [0.1, 0.15) is 5.82 Å². The number of para-hydroxylation sites is 2. The van der Waals surface area contributed by atoms with Crippen LogP contribution in [0.25, 0.3) is 22.2 Å². The highest BCUT2D eigenvalue weighted by molar-refractivity contribution is 5.91. The summed E-state index contributed by atoms with van der Waals surface area (Å²) in [5.74, 6) is 0.621. The number of nitrogens with one attached hydrogen (secondary N) is 2. The molecular weight excluding hydrogens is 478 g/mol. The molecule has 1 aromatic heterocycles. The molecule has 0 unspecified atom stereocenters. The molecular formula is C31H31N3O4. The van der Waals surface area contributed by atoms with E-state index >= 15 is 0 Å². The highest BCUT2D eigenvalue weighted by atomic mass is 16.7. The number of unbranched alkanes of at least 4 members (excludes halogenated alkanes) is 1. The summed E-state index contributed by atoms with van der Waals surface area (Å²) in [4.78, 5) is 21.0. The van der Waals surface area contributed by atoms with E-state index in [2.05, 4.69) is 57.7 Å². The van der Waals surface area contributed by atoms with Crippen LogP contribution in [-0.4, -0.2) is 40.5 Å². The van der Waals surface area contributed by atoms with Gasteiger partial charge in [0.15, 0.2) is 5.76 Å². The molecule has 0 saturated carbocycles. The lowest BCUT2D eigenvalue weighted by Crippen LogP contribution is -2.33. The Morgan fingerprint density at radius 1 is 1.05 bits per heavy atom. The molecule has 7 heteroatoms. The predicted octanol–water partition coefficient (Wildman–Crippen LogP) is 4.95. The standard InChI is InChI=1S/C31H31N3O4/c35-13-5-6-14-37-30-18-22(20-11-12-25-23(15-20)16-21-7-1-2-8-24(21)25)17-28(38-30)31(36)32-19-29-33-26-9-3-4-10-27(26)34-29/h1-4,7-12,15,17,22,30,35H,5-6,13-14,16,18-19H2,(H,32,36)(H,33,34)/t22-,30+/m0/s1. The van der Waals surface area contributed by atoms with Crippen LogP contribution in [0, 0.1) is 0 Å². The number of aliphatic hydroxyl groups excluding tert-OH is 1. The smallest absolute Gasteiger partial charge is 0.286 e. The van der Waals surface area contributed by atoms with Gasteiger partial charge in [0.25, 0.3) is 5.91 Å². The van der Waals surface area contributed by atoms with E-state index in [0.29, 0.717) is 25.3 Å². The average molecular weight is 510 g/mol. The Labute approximate surface area is 221 Å². The monoisotopic (exact) mass is 509 g/mol. The molecule has 38 heavy (non-hydrogen) atoms. The Morgan fingerprint density at radius 2 is 1.89 bits per heavy atom. The van der Waals surface area contributed by atoms with E-state index in [1.165, 1.54) is 22.3 Å². The van der Waals surface area contributed by atoms with Crippen LogP contribution in [0.2, 0.25) is 0 Å². The molecule has 2 heterocycles. The normalized spacial score (nSPS) is 18.0. The molecule has 1 aliphatic heterocycles. The van der Waals surface area contributed by atoms with Gasteiger partial charge >= 0.3 is 0 Å². The van der Waals surface area contributed by atoms with E-state index in [0.717, 1.165) is 29.4 Å². The molecule has 0 radical (unpaired) electrons. The Morgan fingerprint density at radius 3 is 2.79 bits per heavy atom. The van der Waals surface area contributed by atoms with Crippen molar-refractivity contribution in [1.82, 2.24) is 15.3 Å². The number of benzene rings is 3. The molecule has 0 fully saturated rings. The minimum Gasteiger partial charge on any atom is -0.459 e. The molecule has 0 spiro atoms. The van der Waals surface area contributed by atoms with Gasteiger partial charge in [-0.3, -0.25) is 4.79 Å². The molecule has 1 aliphatic carbocycles. The summed E-state index contributed by atoms with van der Waals surface area (Å²) >= 11 is 0. The number of allylic oxidation sites excluding steroid dienone is 1. The zero-order chi connectivity index (χ0) is 25.9. The van der Waals surface area contributed by atoms with Gasteiger partial charge in [0.2, 0.25) is 6.29 Å². The van der Waals surface area contributed by atoms with E-state index in [4.69, 9.17) is 14.6 Å². The number of nitrogens with zero attached hydrogens (tertiary/aromatic N) is 1. The van der Waals surface area contributed by atoms with Crippen LogP contribution < -0.4 is 5.32 Å². The largest absolute Gasteiger partial charge is 0.459 e. The second-order valence-corrected chi connectivity index (χ2v) is 9.86. The molecule has 2 aliphatic rings. The Hall–Kier alpha value is -3.94. The van der Waals surface area contributed by atoms with Crippen LogP contribution in [0.3, 0.4) is 0 Å². The van der Waals surface area contributed by atoms with Crippen LogP contribution in [0.4, 0.5) is 0 Å². The molecule has 194 valence electrons. The molecule has 1 amide bonds. The molecule has 0 saturated heterocycles. The third kappa shape index (κ3) is 5.08. The van der Waals surface area contributed by atoms with Gasteiger partial charge in [0.05, 0.1) is 24.2 Å². The van der Waals surface area contributed by atoms with Crippen molar-refractivity contribution in [3.05, 3.63) is 101 Å². The molecule has 7 nitrogen and oxygen atoms in total. The lowest BCUT2D eigenvalue weighted by Gasteiger charge is -2.29. The first kappa shape index (κ1) is 24.4. The average Bonchev–Trinajstić information content (AvgIpc) is 3.54. The van der Waals surface area contributed by atoms with Crippen molar-refractivity contribution >= 4 is 16.9 Å². The number of carbonyl (C=O) groups excluding carboxylic acids is 1. The maximum atomic E-state index is 13.2. The van der Waals surface area contributed by atoms with Gasteiger partial charge in [-0.2, -0.15) is 0 Å². The number of carbonyl (C=O) groups is 1. The fourth-order valence-electron chi connectivity index (χ4n) is 5.32. The quantitative estimate of drug-likeness (QED) is 0.244. The number of hydrogen-bond acceptors (Lipinski definition) is 5. The van der Waals surface area contributed by atoms with Gasteiger partial charge in [-0.1, -0.05) is 54.6 Å². The van der Waals surface area contributed by atoms with Crippen molar-refractivity contribution in [3.8, 4) is 11.1 Å². The molecule has 0 bridgehead atoms. The number of aromatic amines is 1. The molecule has 3 N–H and O–H groups in total. The summed E-state index contributed by atoms with van der Waals surface area (Å²) in [7, 11) is 0. The molecule has 4 aromatic rings. The van der Waals surface area contributed by atoms with E-state index in [9.17, 15) is 4.79 Å². The van der Waals surface area contributed by atoms with Gasteiger partial charge in [-0.25, -0.2) is 4.98 Å². The number of H-pyrrole nitrogens is 1. The maximum absolute atomic E-state index is 13.2. The lowest BCUT2D eigenvalue weighted by atomic mass is 9.90. The predicted molar refractivity (Wildman–Crippen MR) is 145 cm³/mol. The van der Waals surface area contributed by atoms with Crippen LogP contribution in [0.15, 0.2) is 78.6 Å². The van der Waals surface area contributed by atoms with E-state index in [1.54, 1.807) is 0 Å². The van der Waals surface area contributed by atoms with Gasteiger partial charge in [-0.15, -0.1) is 0 Å². The minimum atomic E-state index is -0.541. The summed E-state index contributed by atoms with van der Waals surface area (Å²) in [5.41, 5.74) is 8.16. The summed E-state index contributed by atoms with van der Waals surface area (Å²) in [5, 5.41) is 12.0. The number of aromatic nitrogens is 2. The van der Waals surface area contributed by atoms with Crippen molar-refractivity contribution in [2.75, 3.05) is 13.2 Å². The fraction of sp³-hybridized carbons (Fsp3) is 0.290. The Bertz CT molecular complexity index is 1460. The SMILES string of the molecule is O=C(NCc1nc2ccccc2[nH]1)C1=C[C@H](c2ccc3c(c2)Cc2ccccc2-3)C[C@H](OCCCCO)O1. The maximum Gasteiger partial charge on any atom is 0.286 e. The van der Waals surface area contributed by atoms with Crippen LogP contribution in [0.1, 0.15) is 47.7 Å². The number of hydrogen-bond donors (Lipinski definition) is 3. The van der Waals surface area contributed by atoms with Gasteiger partial charge < -0.3 is 24.9 Å². The Kier molecular flexibility index (Phi) is 6.94. The second kappa shape index (κ2) is 10.8. The first-order chi connectivity index (χ1) is 18.7. The lowest BCUT2D eigenvalue weighted by molar-refractivity contribution is -0.146. The highest BCUT2D eigenvalue weighted by Gasteiger charge is 2.30. The molecule has 6 rings (SSSR count). The highest BCUT2D eigenvalue weighted by Crippen LogP contribution is 2.39. The van der Waals surface area contributed by atoms with Crippen molar-refractivity contribution in [2.24, 2.45) is 0 Å². The van der Waals surface area contributed by atoms with E-state index < -0.39 is 6.29 Å². The topological polar surface area (TPSA) is 96.5 Å². The van der Waals surface area contributed by atoms with Crippen LogP contribution in [-0.2, 0) is 27.2 Å². The van der Waals surface area contributed by atoms with Crippen LogP contribution >= 0.6 is 0 Å². The zero-order valence-corrected chi connectivity index (χ0v) is 21.2. The fourth-order valence-corrected chi connectivity index (χ4v) is 5.32. The number of rotatable bonds is 9. The van der Waals surface area contributed by atoms with Gasteiger partial charge in [0, 0.05) is 18.9 Å². The van der Waals surface area contributed by atoms with Crippen molar-refractivity contribution < 1.29 is 19.4 Å². The number of aliphatic hydroxyl groups is 1. The van der Waals surface area contributed by atoms with Gasteiger partial charge in [-0.05, 0) is 65.3 Å². The summed E-state index contributed by atoms with van der Waals surface area (Å²) in [6.07, 6.45) is 4.30. The molecule has 2 atom stereocenters. The van der Waals surface area contributed by atoms with Crippen molar-refractivity contribution in [1.29, 1.82) is 0 Å². The van der Waals surface area contributed by atoms with E-state index in [-0.39, 0.29) is 30.7 Å². The van der Waals surface area contributed by atoms with E-state index in [1.807, 2.05) is 30.3 Å². The zero-order valence-electron chi connectivity index (χ0n) is 21.2. The second-order valence-electron chi connectivity index (χ2n) is 9.86. The third-order valence-electron chi connectivity index (χ3n) is 7.24. The Balaban J connectivity index is 1.20. The minimum absolute atomic E-state index is 0.0208. The third-order valence-corrected chi connectivity index (χ3v) is 7.24. The number of fused-ring (bicyclic) bond motifs is 4. The summed E-state index contributed by atoms with van der Waals surface area (Å²) in [6, 6.07) is 22.9. The van der Waals surface area contributed by atoms with Crippen molar-refractivity contribution in [2.45, 2.75) is 44.4 Å². The number of ether oxygens (including phenoxy) is 2. The van der Waals surface area contributed by atoms with Crippen LogP contribution in [0.5, 0.6) is 0 Å². The van der Waals surface area contributed by atoms with Crippen molar-refractivity contribution in [3.63, 3.8) is 0 Å².